The Morgan fingerprint density at radius 2 is 2.28 bits per heavy atom. The van der Waals surface area contributed by atoms with Gasteiger partial charge in [0, 0.05) is 13.2 Å². The van der Waals surface area contributed by atoms with Crippen LogP contribution >= 0.6 is 0 Å². The Kier molecular flexibility index (Phi) is 5.95. The van der Waals surface area contributed by atoms with Crippen molar-refractivity contribution < 1.29 is 23.4 Å². The lowest BCUT2D eigenvalue weighted by Crippen LogP contribution is -2.31. The van der Waals surface area contributed by atoms with Gasteiger partial charge >= 0.3 is 11.9 Å². The van der Waals surface area contributed by atoms with Gasteiger partial charge in [0.25, 0.3) is 0 Å². The second-order valence-corrected chi connectivity index (χ2v) is 4.76. The highest BCUT2D eigenvalue weighted by Gasteiger charge is 2.50. The predicted octanol–water partition coefficient (Wildman–Crippen LogP) is 1.33. The molecule has 18 heavy (non-hydrogen) atoms. The number of halogens is 2. The molecule has 1 fully saturated rings. The van der Waals surface area contributed by atoms with Crippen molar-refractivity contribution in [3.63, 3.8) is 0 Å². The van der Waals surface area contributed by atoms with Crippen LogP contribution < -0.4 is 5.32 Å². The van der Waals surface area contributed by atoms with Crippen molar-refractivity contribution >= 4 is 5.97 Å². The van der Waals surface area contributed by atoms with Crippen LogP contribution in [0.5, 0.6) is 0 Å². The molecule has 0 bridgehead atoms. The van der Waals surface area contributed by atoms with Crippen LogP contribution in [0.2, 0.25) is 0 Å². The lowest BCUT2D eigenvalue weighted by molar-refractivity contribution is -0.159. The topological polar surface area (TPSA) is 58.6 Å². The Balaban J connectivity index is 2.23. The minimum absolute atomic E-state index is 0.128. The Bertz CT molecular complexity index is 268. The van der Waals surface area contributed by atoms with E-state index in [1.807, 2.05) is 0 Å². The number of esters is 1. The van der Waals surface area contributed by atoms with Gasteiger partial charge in [-0.1, -0.05) is 13.3 Å². The Morgan fingerprint density at radius 1 is 1.56 bits per heavy atom. The van der Waals surface area contributed by atoms with Crippen molar-refractivity contribution in [1.82, 2.24) is 5.32 Å². The number of ether oxygens (including phenoxy) is 1. The van der Waals surface area contributed by atoms with E-state index in [1.54, 1.807) is 0 Å². The van der Waals surface area contributed by atoms with Gasteiger partial charge in [-0.3, -0.25) is 0 Å². The lowest BCUT2D eigenvalue weighted by atomic mass is 10.0. The number of alkyl halides is 2. The first-order valence-electron chi connectivity index (χ1n) is 6.40. The third kappa shape index (κ3) is 4.49. The second-order valence-electron chi connectivity index (χ2n) is 4.76. The third-order valence-electron chi connectivity index (χ3n) is 3.10. The molecule has 2 N–H and O–H groups in total. The maximum Gasteiger partial charge on any atom is 0.377 e. The van der Waals surface area contributed by atoms with E-state index in [4.69, 9.17) is 5.11 Å². The number of hydrogen-bond acceptors (Lipinski definition) is 4. The SMILES string of the molecule is CCCC(CCO)CNCC1CC(F)(F)C(=O)O1. The molecule has 2 unspecified atom stereocenters. The van der Waals surface area contributed by atoms with Gasteiger partial charge in [-0.05, 0) is 25.3 Å². The highest BCUT2D eigenvalue weighted by molar-refractivity contribution is 5.79. The smallest absolute Gasteiger partial charge is 0.377 e. The third-order valence-corrected chi connectivity index (χ3v) is 3.10. The molecule has 0 radical (unpaired) electrons. The van der Waals surface area contributed by atoms with Gasteiger partial charge in [-0.25, -0.2) is 4.79 Å². The summed E-state index contributed by atoms with van der Waals surface area (Å²) in [7, 11) is 0. The average Bonchev–Trinajstić information content (AvgIpc) is 2.53. The van der Waals surface area contributed by atoms with E-state index in [0.717, 1.165) is 12.8 Å². The van der Waals surface area contributed by atoms with Crippen molar-refractivity contribution in [3.05, 3.63) is 0 Å². The molecule has 1 heterocycles. The van der Waals surface area contributed by atoms with Gasteiger partial charge in [-0.15, -0.1) is 0 Å². The maximum atomic E-state index is 12.9. The van der Waals surface area contributed by atoms with Crippen LogP contribution in [0.4, 0.5) is 8.78 Å². The summed E-state index contributed by atoms with van der Waals surface area (Å²) in [4.78, 5) is 10.8. The van der Waals surface area contributed by atoms with Crippen LogP contribution in [0.1, 0.15) is 32.6 Å². The number of nitrogens with one attached hydrogen (secondary N) is 1. The number of rotatable bonds is 8. The van der Waals surface area contributed by atoms with Crippen molar-refractivity contribution in [2.75, 3.05) is 19.7 Å². The Morgan fingerprint density at radius 3 is 2.78 bits per heavy atom. The minimum atomic E-state index is -3.33. The van der Waals surface area contributed by atoms with Crippen LogP contribution in [-0.4, -0.2) is 42.8 Å². The number of aliphatic hydroxyl groups excluding tert-OH is 1. The van der Waals surface area contributed by atoms with Crippen LogP contribution in [-0.2, 0) is 9.53 Å². The van der Waals surface area contributed by atoms with E-state index >= 15 is 0 Å². The van der Waals surface area contributed by atoms with Crippen LogP contribution in [0.15, 0.2) is 0 Å². The standard InChI is InChI=1S/C12H21F2NO3/c1-2-3-9(4-5-16)7-15-8-10-6-12(13,14)11(17)18-10/h9-10,15-16H,2-8H2,1H3. The predicted molar refractivity (Wildman–Crippen MR) is 62.4 cm³/mol. The fraction of sp³-hybridized carbons (Fsp3) is 0.917. The van der Waals surface area contributed by atoms with Crippen LogP contribution in [0.25, 0.3) is 0 Å². The fourth-order valence-electron chi connectivity index (χ4n) is 2.15. The molecule has 0 aromatic rings. The molecule has 0 saturated carbocycles. The van der Waals surface area contributed by atoms with E-state index in [1.165, 1.54) is 0 Å². The number of cyclic esters (lactones) is 1. The average molecular weight is 265 g/mol. The van der Waals surface area contributed by atoms with E-state index in [-0.39, 0.29) is 13.2 Å². The molecule has 1 saturated heterocycles. The van der Waals surface area contributed by atoms with Crippen molar-refractivity contribution in [2.24, 2.45) is 5.92 Å². The van der Waals surface area contributed by atoms with E-state index in [0.29, 0.717) is 18.9 Å². The molecule has 1 rings (SSSR count). The molecule has 2 atom stereocenters. The van der Waals surface area contributed by atoms with Gasteiger partial charge in [0.15, 0.2) is 0 Å². The first-order chi connectivity index (χ1) is 8.49. The van der Waals surface area contributed by atoms with E-state index in [2.05, 4.69) is 17.0 Å². The van der Waals surface area contributed by atoms with Gasteiger partial charge < -0.3 is 15.2 Å². The van der Waals surface area contributed by atoms with Crippen molar-refractivity contribution in [2.45, 2.75) is 44.6 Å². The highest BCUT2D eigenvalue weighted by atomic mass is 19.3. The molecule has 106 valence electrons. The molecule has 0 spiro atoms. The molecule has 1 aliphatic heterocycles. The van der Waals surface area contributed by atoms with Gasteiger partial charge in [0.2, 0.25) is 0 Å². The largest absolute Gasteiger partial charge is 0.456 e. The summed E-state index contributed by atoms with van der Waals surface area (Å²) >= 11 is 0. The minimum Gasteiger partial charge on any atom is -0.456 e. The molecule has 0 amide bonds. The van der Waals surface area contributed by atoms with E-state index in [9.17, 15) is 13.6 Å². The monoisotopic (exact) mass is 265 g/mol. The molecule has 6 heteroatoms. The molecule has 0 aromatic carbocycles. The normalized spacial score (nSPS) is 24.0. The fourth-order valence-corrected chi connectivity index (χ4v) is 2.15. The molecule has 0 aliphatic carbocycles. The highest BCUT2D eigenvalue weighted by Crippen LogP contribution is 2.30. The summed E-state index contributed by atoms with van der Waals surface area (Å²) < 4.78 is 30.3. The molecule has 0 aromatic heterocycles. The molecule has 4 nitrogen and oxygen atoms in total. The van der Waals surface area contributed by atoms with Gasteiger partial charge in [-0.2, -0.15) is 8.78 Å². The summed E-state index contributed by atoms with van der Waals surface area (Å²) in [6.45, 7) is 3.08. The molecule has 1 aliphatic rings. The quantitative estimate of drug-likeness (QED) is 0.650. The number of hydrogen-bond donors (Lipinski definition) is 2. The lowest BCUT2D eigenvalue weighted by Gasteiger charge is -2.17. The van der Waals surface area contributed by atoms with Gasteiger partial charge in [0.1, 0.15) is 6.10 Å². The second kappa shape index (κ2) is 6.99. The number of carbonyl (C=O) groups excluding carboxylic acids is 1. The first kappa shape index (κ1) is 15.3. The van der Waals surface area contributed by atoms with Crippen molar-refractivity contribution in [3.8, 4) is 0 Å². The summed E-state index contributed by atoms with van der Waals surface area (Å²) in [5.74, 6) is -4.42. The van der Waals surface area contributed by atoms with Gasteiger partial charge in [0.05, 0.1) is 6.42 Å². The zero-order valence-electron chi connectivity index (χ0n) is 10.6. The number of carbonyl (C=O) groups is 1. The molecular weight excluding hydrogens is 244 g/mol. The Hall–Kier alpha value is -0.750. The van der Waals surface area contributed by atoms with E-state index < -0.39 is 24.4 Å². The zero-order chi connectivity index (χ0) is 13.6. The first-order valence-corrected chi connectivity index (χ1v) is 6.40. The van der Waals surface area contributed by atoms with Crippen LogP contribution in [0, 0.1) is 5.92 Å². The zero-order valence-corrected chi connectivity index (χ0v) is 10.6. The Labute approximate surface area is 106 Å². The molecular formula is C12H21F2NO3. The maximum absolute atomic E-state index is 12.9. The van der Waals surface area contributed by atoms with Crippen molar-refractivity contribution in [1.29, 1.82) is 0 Å². The summed E-state index contributed by atoms with van der Waals surface area (Å²) in [5, 5.41) is 11.9. The van der Waals surface area contributed by atoms with Crippen LogP contribution in [0.3, 0.4) is 0 Å². The number of aliphatic hydroxyl groups is 1. The summed E-state index contributed by atoms with van der Waals surface area (Å²) in [6.07, 6.45) is 1.40. The summed E-state index contributed by atoms with van der Waals surface area (Å²) in [5.41, 5.74) is 0. The summed E-state index contributed by atoms with van der Waals surface area (Å²) in [6, 6.07) is 0.